The Morgan fingerprint density at radius 3 is 2.04 bits per heavy atom. The molecule has 25 heavy (non-hydrogen) atoms. The number of carbonyl (C=O) groups excluding carboxylic acids is 2. The van der Waals surface area contributed by atoms with Crippen LogP contribution in [0.5, 0.6) is 0 Å². The first-order chi connectivity index (χ1) is 12.0. The fraction of sp³-hybridized carbons (Fsp3) is 0.263. The van der Waals surface area contributed by atoms with Crippen molar-refractivity contribution in [3.05, 3.63) is 63.6 Å². The molecular formula is C19H18Cl2N2O2. The average Bonchev–Trinajstić information content (AvgIpc) is 2.61. The smallest absolute Gasteiger partial charge is 0.255 e. The van der Waals surface area contributed by atoms with Crippen molar-refractivity contribution in [1.29, 1.82) is 0 Å². The first-order valence-electron chi connectivity index (χ1n) is 8.20. The van der Waals surface area contributed by atoms with Gasteiger partial charge in [-0.05, 0) is 61.7 Å². The standard InChI is InChI=1S/C19H18Cl2N2O2/c20-15-10-14(11-16(21)12-15)18(24)22-17-6-4-13(5-7-17)19(25)23-8-2-1-3-9-23/h4-7,10-12H,1-3,8-9H2,(H,22,24). The topological polar surface area (TPSA) is 49.4 Å². The van der Waals surface area contributed by atoms with Gasteiger partial charge in [-0.2, -0.15) is 0 Å². The molecule has 4 nitrogen and oxygen atoms in total. The maximum atomic E-state index is 12.4. The third kappa shape index (κ3) is 4.53. The van der Waals surface area contributed by atoms with Crippen LogP contribution >= 0.6 is 23.2 Å². The van der Waals surface area contributed by atoms with Gasteiger partial charge in [0.15, 0.2) is 0 Å². The molecule has 0 saturated carbocycles. The lowest BCUT2D eigenvalue weighted by atomic mass is 10.1. The third-order valence-electron chi connectivity index (χ3n) is 4.16. The summed E-state index contributed by atoms with van der Waals surface area (Å²) in [4.78, 5) is 26.6. The first-order valence-corrected chi connectivity index (χ1v) is 8.95. The lowest BCUT2D eigenvalue weighted by Crippen LogP contribution is -2.35. The van der Waals surface area contributed by atoms with Crippen LogP contribution in [-0.2, 0) is 0 Å². The van der Waals surface area contributed by atoms with Gasteiger partial charge in [0.25, 0.3) is 11.8 Å². The van der Waals surface area contributed by atoms with Gasteiger partial charge in [-0.3, -0.25) is 9.59 Å². The van der Waals surface area contributed by atoms with Gasteiger partial charge >= 0.3 is 0 Å². The summed E-state index contributed by atoms with van der Waals surface area (Å²) in [6.45, 7) is 1.62. The molecule has 1 heterocycles. The molecule has 0 aromatic heterocycles. The minimum atomic E-state index is -0.306. The molecule has 0 aliphatic carbocycles. The zero-order chi connectivity index (χ0) is 17.8. The Morgan fingerprint density at radius 1 is 0.840 bits per heavy atom. The first kappa shape index (κ1) is 17.8. The molecule has 1 aliphatic rings. The highest BCUT2D eigenvalue weighted by atomic mass is 35.5. The molecule has 2 amide bonds. The summed E-state index contributed by atoms with van der Waals surface area (Å²) >= 11 is 11.8. The van der Waals surface area contributed by atoms with Gasteiger partial charge in [-0.1, -0.05) is 23.2 Å². The van der Waals surface area contributed by atoms with Crippen LogP contribution < -0.4 is 5.32 Å². The average molecular weight is 377 g/mol. The number of nitrogens with one attached hydrogen (secondary N) is 1. The number of nitrogens with zero attached hydrogens (tertiary/aromatic N) is 1. The molecule has 0 radical (unpaired) electrons. The van der Waals surface area contributed by atoms with Gasteiger partial charge in [0, 0.05) is 39.9 Å². The number of amides is 2. The summed E-state index contributed by atoms with van der Waals surface area (Å²) in [6, 6.07) is 11.6. The maximum Gasteiger partial charge on any atom is 0.255 e. The number of hydrogen-bond acceptors (Lipinski definition) is 2. The molecule has 0 atom stereocenters. The highest BCUT2D eigenvalue weighted by molar-refractivity contribution is 6.35. The Balaban J connectivity index is 1.67. The van der Waals surface area contributed by atoms with Crippen molar-refractivity contribution in [1.82, 2.24) is 4.90 Å². The summed E-state index contributed by atoms with van der Waals surface area (Å²) < 4.78 is 0. The van der Waals surface area contributed by atoms with E-state index in [9.17, 15) is 9.59 Å². The maximum absolute atomic E-state index is 12.4. The van der Waals surface area contributed by atoms with E-state index in [1.165, 1.54) is 6.42 Å². The van der Waals surface area contributed by atoms with Crippen LogP contribution in [-0.4, -0.2) is 29.8 Å². The molecular weight excluding hydrogens is 359 g/mol. The second-order valence-electron chi connectivity index (χ2n) is 6.04. The van der Waals surface area contributed by atoms with Crippen LogP contribution in [0.25, 0.3) is 0 Å². The van der Waals surface area contributed by atoms with Crippen LogP contribution in [0, 0.1) is 0 Å². The summed E-state index contributed by atoms with van der Waals surface area (Å²) in [6.07, 6.45) is 3.30. The number of piperidine rings is 1. The number of carbonyl (C=O) groups is 2. The zero-order valence-electron chi connectivity index (χ0n) is 13.6. The highest BCUT2D eigenvalue weighted by Gasteiger charge is 2.18. The lowest BCUT2D eigenvalue weighted by Gasteiger charge is -2.26. The van der Waals surface area contributed by atoms with Crippen molar-refractivity contribution < 1.29 is 9.59 Å². The van der Waals surface area contributed by atoms with Crippen molar-refractivity contribution in [3.8, 4) is 0 Å². The molecule has 0 bridgehead atoms. The number of benzene rings is 2. The molecule has 130 valence electrons. The molecule has 1 saturated heterocycles. The minimum Gasteiger partial charge on any atom is -0.339 e. The number of likely N-dealkylation sites (tertiary alicyclic amines) is 1. The molecule has 6 heteroatoms. The second kappa shape index (κ2) is 7.89. The fourth-order valence-electron chi connectivity index (χ4n) is 2.86. The Morgan fingerprint density at radius 2 is 1.44 bits per heavy atom. The molecule has 1 N–H and O–H groups in total. The Labute approximate surface area is 156 Å². The summed E-state index contributed by atoms with van der Waals surface area (Å²) in [5.74, 6) is -0.265. The quantitative estimate of drug-likeness (QED) is 0.830. The monoisotopic (exact) mass is 376 g/mol. The highest BCUT2D eigenvalue weighted by Crippen LogP contribution is 2.21. The van der Waals surface area contributed by atoms with Crippen molar-refractivity contribution >= 4 is 40.7 Å². The third-order valence-corrected chi connectivity index (χ3v) is 4.59. The van der Waals surface area contributed by atoms with Gasteiger partial charge in [-0.25, -0.2) is 0 Å². The number of halogens is 2. The van der Waals surface area contributed by atoms with Crippen molar-refractivity contribution in [2.45, 2.75) is 19.3 Å². The largest absolute Gasteiger partial charge is 0.339 e. The zero-order valence-corrected chi connectivity index (χ0v) is 15.1. The Kier molecular flexibility index (Phi) is 5.61. The van der Waals surface area contributed by atoms with Crippen LogP contribution in [0.2, 0.25) is 10.0 Å². The van der Waals surface area contributed by atoms with E-state index in [1.807, 2.05) is 4.90 Å². The lowest BCUT2D eigenvalue weighted by molar-refractivity contribution is 0.0724. The van der Waals surface area contributed by atoms with E-state index in [-0.39, 0.29) is 11.8 Å². The normalized spacial score (nSPS) is 14.2. The molecule has 1 fully saturated rings. The van der Waals surface area contributed by atoms with Crippen LogP contribution in [0.4, 0.5) is 5.69 Å². The van der Waals surface area contributed by atoms with Crippen molar-refractivity contribution in [3.63, 3.8) is 0 Å². The minimum absolute atomic E-state index is 0.0409. The van der Waals surface area contributed by atoms with Crippen LogP contribution in [0.1, 0.15) is 40.0 Å². The van der Waals surface area contributed by atoms with E-state index in [1.54, 1.807) is 42.5 Å². The summed E-state index contributed by atoms with van der Waals surface area (Å²) in [5.41, 5.74) is 1.62. The van der Waals surface area contributed by atoms with Crippen LogP contribution in [0.3, 0.4) is 0 Å². The van der Waals surface area contributed by atoms with E-state index in [0.717, 1.165) is 25.9 Å². The number of hydrogen-bond donors (Lipinski definition) is 1. The Hall–Kier alpha value is -2.04. The van der Waals surface area contributed by atoms with Gasteiger partial charge in [0.05, 0.1) is 0 Å². The van der Waals surface area contributed by atoms with Gasteiger partial charge in [-0.15, -0.1) is 0 Å². The van der Waals surface area contributed by atoms with Gasteiger partial charge in [0.2, 0.25) is 0 Å². The molecule has 2 aromatic carbocycles. The van der Waals surface area contributed by atoms with E-state index >= 15 is 0 Å². The Bertz CT molecular complexity index is 764. The van der Waals surface area contributed by atoms with Crippen LogP contribution in [0.15, 0.2) is 42.5 Å². The molecule has 1 aliphatic heterocycles. The molecule has 0 unspecified atom stereocenters. The van der Waals surface area contributed by atoms with Crippen molar-refractivity contribution in [2.24, 2.45) is 0 Å². The predicted molar refractivity (Wildman–Crippen MR) is 101 cm³/mol. The molecule has 3 rings (SSSR count). The second-order valence-corrected chi connectivity index (χ2v) is 6.92. The van der Waals surface area contributed by atoms with E-state index < -0.39 is 0 Å². The van der Waals surface area contributed by atoms with Crippen molar-refractivity contribution in [2.75, 3.05) is 18.4 Å². The number of rotatable bonds is 3. The SMILES string of the molecule is O=C(Nc1ccc(C(=O)N2CCCCC2)cc1)c1cc(Cl)cc(Cl)c1. The van der Waals surface area contributed by atoms with E-state index in [4.69, 9.17) is 23.2 Å². The fourth-order valence-corrected chi connectivity index (χ4v) is 3.39. The predicted octanol–water partition coefficient (Wildman–Crippen LogP) is 4.87. The van der Waals surface area contributed by atoms with Gasteiger partial charge in [0.1, 0.15) is 0 Å². The number of anilines is 1. The summed E-state index contributed by atoms with van der Waals surface area (Å²) in [7, 11) is 0. The van der Waals surface area contributed by atoms with Gasteiger partial charge < -0.3 is 10.2 Å². The summed E-state index contributed by atoms with van der Waals surface area (Å²) in [5, 5.41) is 3.58. The molecule has 2 aromatic rings. The molecule has 0 spiro atoms. The van der Waals surface area contributed by atoms with E-state index in [0.29, 0.717) is 26.9 Å². The van der Waals surface area contributed by atoms with E-state index in [2.05, 4.69) is 5.32 Å².